The molecule has 0 aromatic carbocycles. The van der Waals surface area contributed by atoms with E-state index in [4.69, 9.17) is 4.98 Å². The second-order valence-corrected chi connectivity index (χ2v) is 11.6. The summed E-state index contributed by atoms with van der Waals surface area (Å²) in [5.74, 6) is 0.962. The second-order valence-electron chi connectivity index (χ2n) is 11.6. The van der Waals surface area contributed by atoms with Gasteiger partial charge in [0.15, 0.2) is 0 Å². The number of aromatic nitrogens is 5. The summed E-state index contributed by atoms with van der Waals surface area (Å²) in [6.45, 7) is 17.1. The zero-order valence-electron chi connectivity index (χ0n) is 24.5. The molecular weight excluding hydrogens is 510 g/mol. The van der Waals surface area contributed by atoms with Gasteiger partial charge in [-0.2, -0.15) is 15.5 Å². The van der Waals surface area contributed by atoms with Crippen molar-refractivity contribution in [2.45, 2.75) is 27.7 Å². The van der Waals surface area contributed by atoms with Crippen molar-refractivity contribution in [2.75, 3.05) is 37.6 Å². The van der Waals surface area contributed by atoms with Gasteiger partial charge in [-0.25, -0.2) is 9.50 Å². The minimum absolute atomic E-state index is 0.0161. The van der Waals surface area contributed by atoms with Crippen molar-refractivity contribution >= 4 is 18.1 Å². The normalized spacial score (nSPS) is 15.4. The summed E-state index contributed by atoms with van der Waals surface area (Å²) in [4.78, 5) is 13.9. The van der Waals surface area contributed by atoms with E-state index in [0.717, 1.165) is 72.0 Å². The zero-order chi connectivity index (χ0) is 29.1. The highest BCUT2D eigenvalue weighted by Crippen LogP contribution is 2.32. The Kier molecular flexibility index (Phi) is 7.86. The summed E-state index contributed by atoms with van der Waals surface area (Å²) >= 11 is 0. The summed E-state index contributed by atoms with van der Waals surface area (Å²) in [6.07, 6.45) is 13.5. The van der Waals surface area contributed by atoms with Gasteiger partial charge in [0.25, 0.3) is 0 Å². The molecule has 0 radical (unpaired) electrons. The first-order valence-electron chi connectivity index (χ1n) is 13.8. The Morgan fingerprint density at radius 1 is 1.02 bits per heavy atom. The smallest absolute Gasteiger partial charge is 0.128 e. The van der Waals surface area contributed by atoms with E-state index in [1.807, 2.05) is 31.8 Å². The first-order chi connectivity index (χ1) is 19.7. The second kappa shape index (κ2) is 11.5. The van der Waals surface area contributed by atoms with Gasteiger partial charge < -0.3 is 4.90 Å². The van der Waals surface area contributed by atoms with E-state index in [-0.39, 0.29) is 5.41 Å². The van der Waals surface area contributed by atoms with E-state index in [1.165, 1.54) is 5.57 Å². The fraction of sp³-hybridized carbons (Fsp3) is 0.344. The van der Waals surface area contributed by atoms with Gasteiger partial charge in [-0.1, -0.05) is 32.4 Å². The largest absolute Gasteiger partial charge is 0.354 e. The van der Waals surface area contributed by atoms with Crippen LogP contribution in [-0.2, 0) is 7.05 Å². The molecule has 0 spiro atoms. The third-order valence-electron chi connectivity index (χ3n) is 7.46. The molecule has 0 aliphatic carbocycles. The Hall–Kier alpha value is -4.55. The van der Waals surface area contributed by atoms with Crippen LogP contribution in [0.15, 0.2) is 77.6 Å². The van der Waals surface area contributed by atoms with Crippen LogP contribution in [0, 0.1) is 16.7 Å². The number of piperazine rings is 1. The summed E-state index contributed by atoms with van der Waals surface area (Å²) in [6, 6.07) is 8.53. The monoisotopic (exact) mass is 547 g/mol. The van der Waals surface area contributed by atoms with Gasteiger partial charge in [0.1, 0.15) is 11.9 Å². The van der Waals surface area contributed by atoms with Crippen LogP contribution in [0.2, 0.25) is 0 Å². The Morgan fingerprint density at radius 2 is 1.80 bits per heavy atom. The maximum atomic E-state index is 9.72. The number of hydrogen-bond donors (Lipinski definition) is 0. The number of pyridine rings is 2. The lowest BCUT2D eigenvalue weighted by Crippen LogP contribution is -2.47. The maximum Gasteiger partial charge on any atom is 0.128 e. The highest BCUT2D eigenvalue weighted by molar-refractivity contribution is 5.87. The maximum absolute atomic E-state index is 9.72. The van der Waals surface area contributed by atoms with Gasteiger partial charge in [-0.3, -0.25) is 14.6 Å². The van der Waals surface area contributed by atoms with Crippen LogP contribution in [-0.4, -0.2) is 68.7 Å². The molecule has 9 heteroatoms. The number of anilines is 1. The summed E-state index contributed by atoms with van der Waals surface area (Å²) < 4.78 is 3.55. The number of rotatable bonds is 7. The molecule has 0 unspecified atom stereocenters. The SMILES string of the molecule is C=N/C(=C\C=C(/C)CN1CCN(c2ccc(-c3cc(-c4cnn(C)c4)cn4ncc(C#N)c34)cn2)CC1)C(C)(C)C. The molecule has 5 rings (SSSR count). The molecule has 41 heavy (non-hydrogen) atoms. The first-order valence-corrected chi connectivity index (χ1v) is 13.8. The van der Waals surface area contributed by atoms with Crippen molar-refractivity contribution in [1.29, 1.82) is 5.26 Å². The van der Waals surface area contributed by atoms with E-state index < -0.39 is 0 Å². The van der Waals surface area contributed by atoms with E-state index in [9.17, 15) is 5.26 Å². The molecule has 1 fully saturated rings. The van der Waals surface area contributed by atoms with Crippen molar-refractivity contribution in [1.82, 2.24) is 29.3 Å². The average Bonchev–Trinajstić information content (AvgIpc) is 3.58. The molecule has 1 saturated heterocycles. The summed E-state index contributed by atoms with van der Waals surface area (Å²) in [7, 11) is 1.90. The van der Waals surface area contributed by atoms with Crippen LogP contribution < -0.4 is 4.90 Å². The Balaban J connectivity index is 1.30. The lowest BCUT2D eigenvalue weighted by Gasteiger charge is -2.35. The molecule has 1 aliphatic heterocycles. The fourth-order valence-electron chi connectivity index (χ4n) is 5.19. The number of hydrogen-bond acceptors (Lipinski definition) is 7. The lowest BCUT2D eigenvalue weighted by atomic mass is 9.92. The number of nitrogens with zero attached hydrogens (tertiary/aromatic N) is 9. The molecule has 0 amide bonds. The molecule has 9 nitrogen and oxygen atoms in total. The minimum atomic E-state index is -0.0161. The number of fused-ring (bicyclic) bond motifs is 1. The van der Waals surface area contributed by atoms with E-state index in [0.29, 0.717) is 5.56 Å². The van der Waals surface area contributed by atoms with E-state index in [2.05, 4.69) is 95.8 Å². The zero-order valence-corrected chi connectivity index (χ0v) is 24.5. The molecule has 1 aliphatic rings. The number of aryl methyl sites for hydroxylation is 1. The first kappa shape index (κ1) is 28.0. The van der Waals surface area contributed by atoms with Crippen LogP contribution in [0.25, 0.3) is 27.8 Å². The fourth-order valence-corrected chi connectivity index (χ4v) is 5.19. The van der Waals surface area contributed by atoms with Gasteiger partial charge in [0, 0.05) is 91.7 Å². The Bertz CT molecular complexity index is 1650. The highest BCUT2D eigenvalue weighted by Gasteiger charge is 2.20. The topological polar surface area (TPSA) is 90.6 Å². The third kappa shape index (κ3) is 6.13. The Morgan fingerprint density at radius 3 is 2.41 bits per heavy atom. The molecule has 0 bridgehead atoms. The number of allylic oxidation sites excluding steroid dienone is 3. The molecule has 5 heterocycles. The standard InChI is InChI=1S/C32H37N9/c1-23(7-9-29(34-5)32(2,3)4)20-39-11-13-40(14-12-39)30-10-8-24(17-35-30)28-15-25(27-19-36-38(6)21-27)22-41-31(28)26(16-33)18-37-41/h7-10,15,17-19,21-22H,5,11-14,20H2,1-4,6H3/b23-7+,29-9-. The van der Waals surface area contributed by atoms with Crippen LogP contribution >= 0.6 is 0 Å². The molecule has 0 atom stereocenters. The molecule has 4 aromatic heterocycles. The quantitative estimate of drug-likeness (QED) is 0.228. The van der Waals surface area contributed by atoms with E-state index in [1.54, 1.807) is 15.4 Å². The molecule has 0 N–H and O–H groups in total. The van der Waals surface area contributed by atoms with Gasteiger partial charge in [-0.15, -0.1) is 0 Å². The molecule has 0 saturated carbocycles. The molecule has 4 aromatic rings. The third-order valence-corrected chi connectivity index (χ3v) is 7.46. The van der Waals surface area contributed by atoms with Gasteiger partial charge in [0.05, 0.1) is 23.5 Å². The number of nitriles is 1. The molecular formula is C32H37N9. The van der Waals surface area contributed by atoms with Gasteiger partial charge >= 0.3 is 0 Å². The lowest BCUT2D eigenvalue weighted by molar-refractivity contribution is 0.277. The van der Waals surface area contributed by atoms with Crippen LogP contribution in [0.3, 0.4) is 0 Å². The van der Waals surface area contributed by atoms with Crippen molar-refractivity contribution < 1.29 is 0 Å². The predicted molar refractivity (Wildman–Crippen MR) is 165 cm³/mol. The van der Waals surface area contributed by atoms with Crippen molar-refractivity contribution in [2.24, 2.45) is 17.5 Å². The van der Waals surface area contributed by atoms with Crippen molar-refractivity contribution in [3.63, 3.8) is 0 Å². The Labute approximate surface area is 241 Å². The van der Waals surface area contributed by atoms with Crippen LogP contribution in [0.4, 0.5) is 5.82 Å². The summed E-state index contributed by atoms with van der Waals surface area (Å²) in [5.41, 5.74) is 7.43. The van der Waals surface area contributed by atoms with Crippen molar-refractivity contribution in [3.8, 4) is 28.3 Å². The van der Waals surface area contributed by atoms with Crippen LogP contribution in [0.1, 0.15) is 33.3 Å². The predicted octanol–water partition coefficient (Wildman–Crippen LogP) is 5.37. The van der Waals surface area contributed by atoms with Crippen molar-refractivity contribution in [3.05, 3.63) is 78.2 Å². The van der Waals surface area contributed by atoms with Crippen LogP contribution in [0.5, 0.6) is 0 Å². The average molecular weight is 548 g/mol. The molecule has 210 valence electrons. The van der Waals surface area contributed by atoms with Gasteiger partial charge in [-0.05, 0) is 37.9 Å². The van der Waals surface area contributed by atoms with E-state index >= 15 is 0 Å². The number of aliphatic imine (C=N–C) groups is 1. The highest BCUT2D eigenvalue weighted by atomic mass is 15.3. The summed E-state index contributed by atoms with van der Waals surface area (Å²) in [5, 5.41) is 18.5. The van der Waals surface area contributed by atoms with Gasteiger partial charge in [0.2, 0.25) is 0 Å². The minimum Gasteiger partial charge on any atom is -0.354 e.